The zero-order valence-corrected chi connectivity index (χ0v) is 20.1. The summed E-state index contributed by atoms with van der Waals surface area (Å²) < 4.78 is 22.4. The van der Waals surface area contributed by atoms with E-state index in [0.29, 0.717) is 81.6 Å². The van der Waals surface area contributed by atoms with Crippen LogP contribution >= 0.6 is 0 Å². The molecule has 194 valence electrons. The number of hydrogen-bond donors (Lipinski definition) is 2. The van der Waals surface area contributed by atoms with Gasteiger partial charge < -0.3 is 28.7 Å². The van der Waals surface area contributed by atoms with E-state index in [4.69, 9.17) is 18.9 Å². The maximum Gasteiger partial charge on any atom is 0.328 e. The number of urea groups is 1. The first-order chi connectivity index (χ1) is 18.0. The number of carbonyl (C=O) groups excluding carboxylic acids is 3. The van der Waals surface area contributed by atoms with Gasteiger partial charge in [-0.2, -0.15) is 15.0 Å². The van der Waals surface area contributed by atoms with Crippen LogP contribution in [0.25, 0.3) is 6.08 Å². The van der Waals surface area contributed by atoms with Gasteiger partial charge in [-0.05, 0) is 23.8 Å². The summed E-state index contributed by atoms with van der Waals surface area (Å²) in [5.41, 5.74) is 0.274. The molecule has 14 nitrogen and oxygen atoms in total. The van der Waals surface area contributed by atoms with Gasteiger partial charge in [0.1, 0.15) is 5.57 Å². The molecular formula is C23H25N7O7. The predicted octanol–water partition coefficient (Wildman–Crippen LogP) is 0.0951. The van der Waals surface area contributed by atoms with Gasteiger partial charge in [0.2, 0.25) is 11.9 Å². The number of benzene rings is 1. The maximum atomic E-state index is 12.0. The van der Waals surface area contributed by atoms with E-state index < -0.39 is 17.8 Å². The molecule has 37 heavy (non-hydrogen) atoms. The minimum Gasteiger partial charge on any atom is -0.493 e. The first-order valence-electron chi connectivity index (χ1n) is 11.7. The topological polar surface area (TPSA) is 157 Å². The number of morpholine rings is 2. The van der Waals surface area contributed by atoms with Crippen molar-refractivity contribution in [1.82, 2.24) is 25.6 Å². The fraction of sp³-hybridized carbons (Fsp3) is 0.391. The molecule has 0 radical (unpaired) electrons. The first kappa shape index (κ1) is 24.4. The molecule has 3 fully saturated rings. The van der Waals surface area contributed by atoms with Gasteiger partial charge in [-0.25, -0.2) is 4.79 Å². The Morgan fingerprint density at radius 2 is 1.41 bits per heavy atom. The highest BCUT2D eigenvalue weighted by Crippen LogP contribution is 2.33. The molecule has 3 aliphatic heterocycles. The van der Waals surface area contributed by atoms with E-state index in [0.717, 1.165) is 0 Å². The van der Waals surface area contributed by atoms with Gasteiger partial charge in [-0.15, -0.1) is 0 Å². The number of imide groups is 2. The van der Waals surface area contributed by atoms with Gasteiger partial charge in [0.05, 0.1) is 33.5 Å². The van der Waals surface area contributed by atoms with E-state index in [1.807, 2.05) is 20.4 Å². The molecule has 3 saturated heterocycles. The van der Waals surface area contributed by atoms with Crippen LogP contribution in [0.2, 0.25) is 0 Å². The second-order valence-corrected chi connectivity index (χ2v) is 8.22. The summed E-state index contributed by atoms with van der Waals surface area (Å²) in [6, 6.07) is 4.06. The number of amides is 4. The van der Waals surface area contributed by atoms with Gasteiger partial charge in [-0.1, -0.05) is 6.07 Å². The van der Waals surface area contributed by atoms with Crippen LogP contribution in [0.4, 0.5) is 16.7 Å². The third-order valence-corrected chi connectivity index (χ3v) is 5.82. The molecule has 4 amide bonds. The van der Waals surface area contributed by atoms with E-state index in [2.05, 4.69) is 15.0 Å². The molecule has 5 rings (SSSR count). The number of nitrogens with zero attached hydrogens (tertiary/aromatic N) is 5. The third-order valence-electron chi connectivity index (χ3n) is 5.82. The van der Waals surface area contributed by atoms with E-state index in [1.54, 1.807) is 18.2 Å². The summed E-state index contributed by atoms with van der Waals surface area (Å²) in [5, 5.41) is 4.07. The lowest BCUT2D eigenvalue weighted by molar-refractivity contribution is -0.123. The van der Waals surface area contributed by atoms with Gasteiger partial charge in [0.25, 0.3) is 11.8 Å². The molecule has 2 N–H and O–H groups in total. The minimum atomic E-state index is -0.862. The molecule has 0 atom stereocenters. The Bertz CT molecular complexity index is 1180. The molecule has 0 saturated carbocycles. The highest BCUT2D eigenvalue weighted by molar-refractivity contribution is 6.31. The van der Waals surface area contributed by atoms with Crippen LogP contribution in [-0.2, 0) is 19.1 Å². The highest BCUT2D eigenvalue weighted by atomic mass is 16.5. The maximum absolute atomic E-state index is 12.0. The Balaban J connectivity index is 1.43. The van der Waals surface area contributed by atoms with Crippen molar-refractivity contribution in [3.05, 3.63) is 29.3 Å². The molecule has 4 heterocycles. The molecule has 14 heteroatoms. The second kappa shape index (κ2) is 10.8. The summed E-state index contributed by atoms with van der Waals surface area (Å²) in [4.78, 5) is 53.1. The van der Waals surface area contributed by atoms with Crippen molar-refractivity contribution in [2.75, 3.05) is 69.5 Å². The monoisotopic (exact) mass is 511 g/mol. The zero-order valence-electron chi connectivity index (χ0n) is 20.1. The smallest absolute Gasteiger partial charge is 0.328 e. The summed E-state index contributed by atoms with van der Waals surface area (Å²) in [7, 11) is 1.46. The molecule has 1 aromatic carbocycles. The van der Waals surface area contributed by atoms with Crippen LogP contribution in [0.3, 0.4) is 0 Å². The van der Waals surface area contributed by atoms with Crippen LogP contribution in [-0.4, -0.2) is 92.5 Å². The number of carbonyl (C=O) groups is 3. The van der Waals surface area contributed by atoms with Crippen molar-refractivity contribution in [1.29, 1.82) is 0 Å². The van der Waals surface area contributed by atoms with Crippen LogP contribution in [0, 0.1) is 0 Å². The Morgan fingerprint density at radius 1 is 0.838 bits per heavy atom. The number of methoxy groups -OCH3 is 1. The summed E-state index contributed by atoms with van der Waals surface area (Å²) >= 11 is 0. The van der Waals surface area contributed by atoms with Crippen molar-refractivity contribution in [3.63, 3.8) is 0 Å². The second-order valence-electron chi connectivity index (χ2n) is 8.22. The average Bonchev–Trinajstić information content (AvgIpc) is 2.92. The fourth-order valence-electron chi connectivity index (χ4n) is 3.92. The van der Waals surface area contributed by atoms with Gasteiger partial charge >= 0.3 is 12.0 Å². The lowest BCUT2D eigenvalue weighted by Crippen LogP contribution is -2.51. The molecule has 1 aromatic heterocycles. The molecule has 0 bridgehead atoms. The molecule has 3 aliphatic rings. The number of aromatic nitrogens is 3. The number of barbiturate groups is 1. The Morgan fingerprint density at radius 3 is 1.95 bits per heavy atom. The quantitative estimate of drug-likeness (QED) is 0.399. The normalized spacial score (nSPS) is 18.3. The van der Waals surface area contributed by atoms with Crippen LogP contribution in [0.5, 0.6) is 17.5 Å². The molecule has 0 unspecified atom stereocenters. The molecule has 2 aromatic rings. The van der Waals surface area contributed by atoms with Crippen molar-refractivity contribution in [3.8, 4) is 17.5 Å². The molecular weight excluding hydrogens is 486 g/mol. The number of nitrogens with one attached hydrogen (secondary N) is 2. The standard InChI is InChI=1S/C23H25N7O7/c1-34-17-13-14(12-15-18(31)24-22(33)25-19(15)32)2-3-16(17)37-23-27-20(29-4-8-35-9-5-29)26-21(28-23)30-6-10-36-11-7-30/h2-3,12-13H,4-11H2,1H3,(H2,24,25,31,32,33). The van der Waals surface area contributed by atoms with E-state index in [-0.39, 0.29) is 11.6 Å². The highest BCUT2D eigenvalue weighted by Gasteiger charge is 2.28. The fourth-order valence-corrected chi connectivity index (χ4v) is 3.92. The van der Waals surface area contributed by atoms with Gasteiger partial charge in [-0.3, -0.25) is 20.2 Å². The van der Waals surface area contributed by atoms with Crippen molar-refractivity contribution in [2.24, 2.45) is 0 Å². The summed E-state index contributed by atoms with van der Waals surface area (Å²) in [6.45, 7) is 4.87. The number of ether oxygens (including phenoxy) is 4. The number of anilines is 2. The van der Waals surface area contributed by atoms with E-state index in [1.165, 1.54) is 13.2 Å². The Labute approximate surface area is 211 Å². The van der Waals surface area contributed by atoms with Crippen molar-refractivity contribution >= 4 is 35.8 Å². The van der Waals surface area contributed by atoms with Crippen LogP contribution in [0.1, 0.15) is 5.56 Å². The summed E-state index contributed by atoms with van der Waals surface area (Å²) in [5.74, 6) is 0.0414. The number of hydrogen-bond acceptors (Lipinski definition) is 12. The van der Waals surface area contributed by atoms with Gasteiger partial charge in [0, 0.05) is 26.2 Å². The first-order valence-corrected chi connectivity index (χ1v) is 11.7. The largest absolute Gasteiger partial charge is 0.493 e. The van der Waals surface area contributed by atoms with E-state index >= 15 is 0 Å². The SMILES string of the molecule is COc1cc(C=C2C(=O)NC(=O)NC2=O)ccc1Oc1nc(N2CCOCC2)nc(N2CCOCC2)n1. The third kappa shape index (κ3) is 5.59. The van der Waals surface area contributed by atoms with Gasteiger partial charge in [0.15, 0.2) is 11.5 Å². The predicted molar refractivity (Wildman–Crippen MR) is 129 cm³/mol. The molecule has 0 aliphatic carbocycles. The zero-order chi connectivity index (χ0) is 25.8. The van der Waals surface area contributed by atoms with Crippen molar-refractivity contribution in [2.45, 2.75) is 0 Å². The lowest BCUT2D eigenvalue weighted by Gasteiger charge is -2.30. The average molecular weight is 511 g/mol. The number of rotatable bonds is 6. The lowest BCUT2D eigenvalue weighted by atomic mass is 10.1. The van der Waals surface area contributed by atoms with Crippen LogP contribution < -0.4 is 29.9 Å². The minimum absolute atomic E-state index is 0.0898. The Kier molecular flexibility index (Phi) is 7.09. The molecule has 0 spiro atoms. The summed E-state index contributed by atoms with van der Waals surface area (Å²) in [6.07, 6.45) is 1.35. The van der Waals surface area contributed by atoms with Crippen LogP contribution in [0.15, 0.2) is 23.8 Å². The van der Waals surface area contributed by atoms with Crippen molar-refractivity contribution < 1.29 is 33.3 Å². The van der Waals surface area contributed by atoms with E-state index in [9.17, 15) is 14.4 Å². The Hall–Kier alpha value is -4.30.